The molecule has 1 aliphatic carbocycles. The maximum atomic E-state index is 15.1. The van der Waals surface area contributed by atoms with Gasteiger partial charge < -0.3 is 59.9 Å². The second-order valence-corrected chi connectivity index (χ2v) is 16.7. The summed E-state index contributed by atoms with van der Waals surface area (Å²) in [7, 11) is 0. The largest absolute Gasteiger partial charge is 0.458 e. The number of amides is 2. The number of ether oxygens (including phenoxy) is 5. The lowest BCUT2D eigenvalue weighted by atomic mass is 9.62. The molecule has 4 saturated heterocycles. The molecule has 0 aromatic heterocycles. The number of aliphatic hydroxyl groups excluding tert-OH is 5. The number of carbonyl (C=O) groups excluding carboxylic acids is 3. The van der Waals surface area contributed by atoms with Gasteiger partial charge in [0.05, 0.1) is 26.4 Å². The van der Waals surface area contributed by atoms with Gasteiger partial charge in [0, 0.05) is 36.2 Å². The summed E-state index contributed by atoms with van der Waals surface area (Å²) < 4.78 is 31.4. The van der Waals surface area contributed by atoms with Crippen LogP contribution >= 0.6 is 0 Å². The molecule has 11 atom stereocenters. The van der Waals surface area contributed by atoms with Crippen molar-refractivity contribution in [3.8, 4) is 0 Å². The number of carbonyl (C=O) groups is 3. The minimum absolute atomic E-state index is 0.0170. The number of aliphatic hydroxyl groups is 5. The number of hydrogen-bond acceptors (Lipinski definition) is 15. The first-order valence-corrected chi connectivity index (χ1v) is 21.6. The molecule has 1 saturated carbocycles. The fraction of sp³-hybridized carbons (Fsp3) is 0.396. The van der Waals surface area contributed by atoms with Crippen LogP contribution in [0, 0.1) is 5.41 Å². The summed E-state index contributed by atoms with van der Waals surface area (Å²) in [5.74, 6) is -2.96. The number of nitrogens with one attached hydrogen (secondary N) is 2. The van der Waals surface area contributed by atoms with Gasteiger partial charge in [-0.3, -0.25) is 19.2 Å². The molecule has 0 radical (unpaired) electrons. The number of rotatable bonds is 15. The zero-order chi connectivity index (χ0) is 45.3. The van der Waals surface area contributed by atoms with Crippen molar-refractivity contribution in [3.05, 3.63) is 149 Å². The highest BCUT2D eigenvalue weighted by molar-refractivity contribution is 5.95. The average molecular weight is 894 g/mol. The van der Waals surface area contributed by atoms with Crippen LogP contribution in [0.4, 0.5) is 0 Å². The maximum Gasteiger partial charge on any atom is 0.327 e. The zero-order valence-electron chi connectivity index (χ0n) is 35.1. The number of esters is 1. The van der Waals surface area contributed by atoms with Gasteiger partial charge >= 0.3 is 5.97 Å². The molecule has 17 heteroatoms. The van der Waals surface area contributed by atoms with E-state index in [4.69, 9.17) is 28.5 Å². The molecule has 11 unspecified atom stereocenters. The zero-order valence-corrected chi connectivity index (χ0v) is 35.1. The highest BCUT2D eigenvalue weighted by atomic mass is 16.8. The van der Waals surface area contributed by atoms with E-state index in [1.165, 1.54) is 5.06 Å². The third-order valence-electron chi connectivity index (χ3n) is 12.8. The molecule has 2 bridgehead atoms. The van der Waals surface area contributed by atoms with Crippen molar-refractivity contribution in [2.24, 2.45) is 5.41 Å². The molecular weight excluding hydrogens is 843 g/mol. The SMILES string of the molecule is O=C(NCCO)c1cccc(CNC(=O)C23CC4OC(=O)C2N(Cc2ccccc2C=CCOC2OC(CO)C(O)C(O)C2O)OC3C2OC(c3ccccc3)(c3ccccc3)OC42)c1. The van der Waals surface area contributed by atoms with Gasteiger partial charge in [0.25, 0.3) is 5.91 Å². The summed E-state index contributed by atoms with van der Waals surface area (Å²) in [6.07, 6.45) is -7.29. The summed E-state index contributed by atoms with van der Waals surface area (Å²) in [4.78, 5) is 49.2. The lowest BCUT2D eigenvalue weighted by molar-refractivity contribution is -0.298. The third kappa shape index (κ3) is 8.27. The van der Waals surface area contributed by atoms with Crippen molar-refractivity contribution in [3.63, 3.8) is 0 Å². The van der Waals surface area contributed by atoms with Gasteiger partial charge in [-0.05, 0) is 28.8 Å². The predicted molar refractivity (Wildman–Crippen MR) is 227 cm³/mol. The topological polar surface area (TPSA) is 235 Å². The van der Waals surface area contributed by atoms with Crippen molar-refractivity contribution in [1.82, 2.24) is 15.7 Å². The molecular formula is C48H51N3O14. The number of hydrogen-bond donors (Lipinski definition) is 7. The van der Waals surface area contributed by atoms with Crippen LogP contribution in [0.5, 0.6) is 0 Å². The third-order valence-corrected chi connectivity index (χ3v) is 12.8. The van der Waals surface area contributed by atoms with E-state index in [2.05, 4.69) is 10.6 Å². The van der Waals surface area contributed by atoms with Crippen LogP contribution in [0.3, 0.4) is 0 Å². The summed E-state index contributed by atoms with van der Waals surface area (Å²) in [6, 6.07) is 31.8. The molecule has 9 rings (SSSR count). The quantitative estimate of drug-likeness (QED) is 0.0827. The van der Waals surface area contributed by atoms with Gasteiger partial charge in [-0.2, -0.15) is 5.06 Å². The Bertz CT molecular complexity index is 2330. The Morgan fingerprint density at radius 1 is 0.831 bits per heavy atom. The van der Waals surface area contributed by atoms with Crippen LogP contribution < -0.4 is 10.6 Å². The Kier molecular flexibility index (Phi) is 13.0. The van der Waals surface area contributed by atoms with Crippen LogP contribution in [-0.4, -0.2) is 136 Å². The van der Waals surface area contributed by atoms with E-state index in [0.29, 0.717) is 33.4 Å². The molecule has 4 aliphatic heterocycles. The van der Waals surface area contributed by atoms with Gasteiger partial charge in [-0.1, -0.05) is 109 Å². The highest BCUT2D eigenvalue weighted by Crippen LogP contribution is 2.59. The summed E-state index contributed by atoms with van der Waals surface area (Å²) in [6.45, 7) is -0.759. The first kappa shape index (κ1) is 44.8. The van der Waals surface area contributed by atoms with E-state index < -0.39 is 90.8 Å². The molecule has 17 nitrogen and oxygen atoms in total. The summed E-state index contributed by atoms with van der Waals surface area (Å²) >= 11 is 0. The monoisotopic (exact) mass is 893 g/mol. The smallest absolute Gasteiger partial charge is 0.327 e. The lowest BCUT2D eigenvalue weighted by Gasteiger charge is -2.48. The molecule has 4 aromatic rings. The van der Waals surface area contributed by atoms with Crippen LogP contribution in [0.25, 0.3) is 6.08 Å². The second kappa shape index (κ2) is 18.8. The molecule has 65 heavy (non-hydrogen) atoms. The first-order valence-electron chi connectivity index (χ1n) is 21.6. The number of hydroxylamine groups is 2. The molecule has 0 spiro atoms. The Hall–Kier alpha value is -5.41. The minimum atomic E-state index is -1.58. The predicted octanol–water partition coefficient (Wildman–Crippen LogP) is 1.04. The van der Waals surface area contributed by atoms with Gasteiger partial charge in [0.1, 0.15) is 54.2 Å². The number of fused-ring (bicyclic) bond motifs is 4. The van der Waals surface area contributed by atoms with Gasteiger partial charge in [0.2, 0.25) is 11.7 Å². The van der Waals surface area contributed by atoms with Crippen molar-refractivity contribution in [2.75, 3.05) is 26.4 Å². The Labute approximate surface area is 374 Å². The van der Waals surface area contributed by atoms with E-state index in [1.807, 2.05) is 84.9 Å². The van der Waals surface area contributed by atoms with Crippen molar-refractivity contribution in [1.29, 1.82) is 0 Å². The Balaban J connectivity index is 1.02. The fourth-order valence-electron chi connectivity index (χ4n) is 9.67. The van der Waals surface area contributed by atoms with Gasteiger partial charge in [0.15, 0.2) is 12.3 Å². The molecule has 5 aliphatic rings. The van der Waals surface area contributed by atoms with Crippen LogP contribution in [0.2, 0.25) is 0 Å². The Morgan fingerprint density at radius 3 is 2.26 bits per heavy atom. The van der Waals surface area contributed by atoms with Crippen molar-refractivity contribution >= 4 is 23.9 Å². The second-order valence-electron chi connectivity index (χ2n) is 16.7. The molecule has 2 amide bonds. The van der Waals surface area contributed by atoms with Crippen LogP contribution in [-0.2, 0) is 57.0 Å². The van der Waals surface area contributed by atoms with E-state index in [0.717, 1.165) is 0 Å². The molecule has 342 valence electrons. The minimum Gasteiger partial charge on any atom is -0.458 e. The summed E-state index contributed by atoms with van der Waals surface area (Å²) in [5, 5.41) is 56.7. The van der Waals surface area contributed by atoms with E-state index in [1.54, 1.807) is 36.4 Å². The standard InChI is InChI=1S/C48H51N3O14/c52-21-20-49-43(57)30-14-9-11-28(23-30)25-50-46(59)47-24-34-39-40(64-48(63-39,32-16-3-1-4-17-32)33-18-5-2-6-19-33)42(47)65-51(41(47)44(58)61-34)26-31-13-8-7-12-29(31)15-10-22-60-45-38(56)37(55)36(54)35(27-53)62-45/h1-19,23,34-42,45,52-56H,20-22,24-27H2,(H,49,57)(H,50,59). The lowest BCUT2D eigenvalue weighted by Crippen LogP contribution is -2.69. The van der Waals surface area contributed by atoms with Crippen LogP contribution in [0.15, 0.2) is 115 Å². The normalized spacial score (nSPS) is 31.3. The van der Waals surface area contributed by atoms with Gasteiger partial charge in [-0.15, -0.1) is 0 Å². The molecule has 4 heterocycles. The number of nitrogens with zero attached hydrogens (tertiary/aromatic N) is 1. The van der Waals surface area contributed by atoms with E-state index in [9.17, 15) is 35.1 Å². The van der Waals surface area contributed by atoms with Crippen molar-refractivity contribution < 1.29 is 68.4 Å². The fourth-order valence-corrected chi connectivity index (χ4v) is 9.67. The molecule has 5 fully saturated rings. The molecule has 7 N–H and O–H groups in total. The average Bonchev–Trinajstić information content (AvgIpc) is 3.92. The highest BCUT2D eigenvalue weighted by Gasteiger charge is 2.76. The van der Waals surface area contributed by atoms with E-state index in [-0.39, 0.29) is 45.2 Å². The first-order chi connectivity index (χ1) is 31.6. The van der Waals surface area contributed by atoms with Crippen molar-refractivity contribution in [2.45, 2.75) is 86.5 Å². The maximum absolute atomic E-state index is 15.1. The van der Waals surface area contributed by atoms with Gasteiger partial charge in [-0.25, -0.2) is 0 Å². The van der Waals surface area contributed by atoms with Crippen LogP contribution in [0.1, 0.15) is 44.6 Å². The number of benzene rings is 4. The van der Waals surface area contributed by atoms with E-state index >= 15 is 4.79 Å². The molecule has 4 aromatic carbocycles. The summed E-state index contributed by atoms with van der Waals surface area (Å²) in [5.41, 5.74) is 2.26. The Morgan fingerprint density at radius 2 is 1.54 bits per heavy atom.